The van der Waals surface area contributed by atoms with Gasteiger partial charge in [0.1, 0.15) is 6.26 Å². The number of rotatable bonds is 16. The molecule has 4 aromatic carbocycles. The number of halogens is 2. The number of carbonyl (C=O) groups excluding carboxylic acids is 1. The fourth-order valence-corrected chi connectivity index (χ4v) is 8.35. The number of methoxy groups -OCH3 is 2. The number of likely N-dealkylation sites (tertiary alicyclic amines) is 1. The number of carbonyl (C=O) groups is 4. The van der Waals surface area contributed by atoms with Gasteiger partial charge in [-0.05, 0) is 96.6 Å². The van der Waals surface area contributed by atoms with Crippen molar-refractivity contribution < 1.29 is 53.6 Å². The summed E-state index contributed by atoms with van der Waals surface area (Å²) in [6, 6.07) is 23.5. The molecule has 1 aliphatic rings. The molecule has 2 atom stereocenters. The van der Waals surface area contributed by atoms with Crippen LogP contribution in [0.4, 0.5) is 0 Å². The summed E-state index contributed by atoms with van der Waals surface area (Å²) in [6.45, 7) is 3.29. The maximum Gasteiger partial charge on any atom is 0.336 e. The highest BCUT2D eigenvalue weighted by Gasteiger charge is 2.41. The van der Waals surface area contributed by atoms with Gasteiger partial charge < -0.3 is 44.3 Å². The lowest BCUT2D eigenvalue weighted by atomic mass is 9.88. The van der Waals surface area contributed by atoms with Crippen molar-refractivity contribution in [2.45, 2.75) is 54.4 Å². The second-order valence-corrected chi connectivity index (χ2v) is 16.3. The number of piperidine rings is 1. The predicted molar refractivity (Wildman–Crippen MR) is 222 cm³/mol. The fourth-order valence-electron chi connectivity index (χ4n) is 7.20. The lowest BCUT2D eigenvalue weighted by Crippen LogP contribution is -2.42. The van der Waals surface area contributed by atoms with Crippen molar-refractivity contribution in [2.75, 3.05) is 53.7 Å². The number of carboxylic acids is 3. The van der Waals surface area contributed by atoms with Gasteiger partial charge in [0.2, 0.25) is 0 Å². The summed E-state index contributed by atoms with van der Waals surface area (Å²) >= 11 is 11.8. The summed E-state index contributed by atoms with van der Waals surface area (Å²) in [5, 5.41) is 36.5. The number of ether oxygens (including phenoxy) is 2. The van der Waals surface area contributed by atoms with E-state index in [4.69, 9.17) is 53.1 Å². The third-order valence-electron chi connectivity index (χ3n) is 10.2. The van der Waals surface area contributed by atoms with Gasteiger partial charge in [0.05, 0.1) is 42.7 Å². The average Bonchev–Trinajstić information content (AvgIpc) is 3.19. The molecule has 0 spiro atoms. The molecule has 58 heavy (non-hydrogen) atoms. The van der Waals surface area contributed by atoms with Crippen LogP contribution in [0.3, 0.4) is 0 Å². The number of hydrogen-bond donors (Lipinski definition) is 4. The summed E-state index contributed by atoms with van der Waals surface area (Å²) in [6.07, 6.45) is 2.35. The van der Waals surface area contributed by atoms with Crippen LogP contribution in [0, 0.1) is 0 Å². The lowest BCUT2D eigenvalue weighted by Gasteiger charge is -2.34. The molecule has 0 aliphatic carbocycles. The van der Waals surface area contributed by atoms with E-state index in [0.29, 0.717) is 39.6 Å². The van der Waals surface area contributed by atoms with Crippen LogP contribution in [0.1, 0.15) is 65.4 Å². The van der Waals surface area contributed by atoms with Crippen LogP contribution in [0.2, 0.25) is 10.0 Å². The standard InChI is InChI=1S/C36H40Cl2N2O4S.C6H8O7/c1-39(36(41)34-29-11-6-5-9-26(29)22-32(43-2)35(34)44-3)23-27(25-13-14-30(37)31(38)21-25)17-20-40-18-15-24(16-19-40)28-10-7-8-12-33(28)45(4)42;7-3(8)1-6(13,5(11)12)2-4(9)10/h5-14,21-22,24,27H,15-20,23H2,1-4H3;13H,1-2H2,(H,7,8)(H,9,10)(H,11,12)/t27?,45-;/m0./s1. The molecule has 16 heteroatoms. The second kappa shape index (κ2) is 20.9. The van der Waals surface area contributed by atoms with Crippen molar-refractivity contribution in [3.05, 3.63) is 99.5 Å². The summed E-state index contributed by atoms with van der Waals surface area (Å²) in [4.78, 5) is 49.9. The Morgan fingerprint density at radius 2 is 1.53 bits per heavy atom. The number of aliphatic hydroxyl groups is 1. The van der Waals surface area contributed by atoms with Gasteiger partial charge in [0.15, 0.2) is 22.0 Å². The molecule has 0 radical (unpaired) electrons. The molecule has 4 aromatic rings. The topological polar surface area (TPSA) is 197 Å². The Bertz CT molecular complexity index is 2080. The molecule has 1 unspecified atom stereocenters. The van der Waals surface area contributed by atoms with E-state index >= 15 is 0 Å². The molecule has 4 N–H and O–H groups in total. The summed E-state index contributed by atoms with van der Waals surface area (Å²) < 4.78 is 23.7. The number of benzene rings is 4. The normalized spacial score (nSPS) is 14.5. The largest absolute Gasteiger partial charge is 0.612 e. The first-order valence-corrected chi connectivity index (χ1v) is 20.7. The molecule has 1 saturated heterocycles. The Hall–Kier alpha value is -4.57. The van der Waals surface area contributed by atoms with Gasteiger partial charge in [-0.15, -0.1) is 0 Å². The molecule has 1 amide bonds. The number of aliphatic carboxylic acids is 3. The molecular formula is C42H48Cl2N2O11S. The quantitative estimate of drug-likeness (QED) is 0.0864. The minimum absolute atomic E-state index is 0.0255. The van der Waals surface area contributed by atoms with Crippen molar-refractivity contribution >= 4 is 69.0 Å². The van der Waals surface area contributed by atoms with Gasteiger partial charge in [0, 0.05) is 25.1 Å². The van der Waals surface area contributed by atoms with Gasteiger partial charge in [-0.25, -0.2) is 4.79 Å². The zero-order chi connectivity index (χ0) is 42.7. The maximum atomic E-state index is 14.2. The van der Waals surface area contributed by atoms with Crippen molar-refractivity contribution in [2.24, 2.45) is 0 Å². The highest BCUT2D eigenvalue weighted by molar-refractivity contribution is 7.90. The van der Waals surface area contributed by atoms with Crippen LogP contribution in [-0.2, 0) is 25.6 Å². The smallest absolute Gasteiger partial charge is 0.336 e. The number of nitrogens with zero attached hydrogens (tertiary/aromatic N) is 2. The van der Waals surface area contributed by atoms with E-state index in [1.165, 1.54) is 5.56 Å². The first-order valence-electron chi connectivity index (χ1n) is 18.4. The van der Waals surface area contributed by atoms with E-state index in [2.05, 4.69) is 11.0 Å². The fraction of sp³-hybridized carbons (Fsp3) is 0.381. The van der Waals surface area contributed by atoms with Crippen molar-refractivity contribution in [3.8, 4) is 11.5 Å². The molecule has 13 nitrogen and oxygen atoms in total. The number of fused-ring (bicyclic) bond motifs is 1. The van der Waals surface area contributed by atoms with Crippen LogP contribution >= 0.6 is 23.2 Å². The summed E-state index contributed by atoms with van der Waals surface area (Å²) in [7, 11) is 4.98. The number of hydrogen-bond acceptors (Lipinski definition) is 9. The molecule has 5 rings (SSSR count). The summed E-state index contributed by atoms with van der Waals surface area (Å²) in [5.41, 5.74) is 0.00348. The zero-order valence-corrected chi connectivity index (χ0v) is 35.0. The van der Waals surface area contributed by atoms with Crippen LogP contribution < -0.4 is 9.47 Å². The number of carboxylic acid groups (broad SMARTS) is 3. The zero-order valence-electron chi connectivity index (χ0n) is 32.7. The lowest BCUT2D eigenvalue weighted by molar-refractivity contribution is -0.170. The van der Waals surface area contributed by atoms with E-state index in [1.807, 2.05) is 73.8 Å². The van der Waals surface area contributed by atoms with Gasteiger partial charge in [-0.1, -0.05) is 71.7 Å². The van der Waals surface area contributed by atoms with E-state index in [1.54, 1.807) is 25.4 Å². The van der Waals surface area contributed by atoms with Crippen molar-refractivity contribution in [1.82, 2.24) is 9.80 Å². The van der Waals surface area contributed by atoms with Crippen LogP contribution in [0.5, 0.6) is 11.5 Å². The SMILES string of the molecule is COc1cc2ccccc2c(C(=O)N(C)CC(CCN2CCC(c3ccccc3[S@+](C)[O-])CC2)c2ccc(Cl)c(Cl)c2)c1OC.O=C(O)CC(O)(CC(=O)O)C(=O)O. The summed E-state index contributed by atoms with van der Waals surface area (Å²) in [5.74, 6) is -3.78. The van der Waals surface area contributed by atoms with E-state index in [-0.39, 0.29) is 11.8 Å². The van der Waals surface area contributed by atoms with Gasteiger partial charge in [0.25, 0.3) is 5.91 Å². The first kappa shape index (κ1) is 46.1. The molecular weight excluding hydrogens is 811 g/mol. The van der Waals surface area contributed by atoms with Crippen molar-refractivity contribution in [3.63, 3.8) is 0 Å². The van der Waals surface area contributed by atoms with Crippen LogP contribution in [-0.4, -0.2) is 118 Å². The molecule has 0 bridgehead atoms. The molecule has 1 heterocycles. The Morgan fingerprint density at radius 3 is 2.10 bits per heavy atom. The predicted octanol–water partition coefficient (Wildman–Crippen LogP) is 6.78. The Labute approximate surface area is 350 Å². The molecule has 0 aromatic heterocycles. The minimum atomic E-state index is -2.74. The van der Waals surface area contributed by atoms with E-state index in [0.717, 1.165) is 60.1 Å². The Kier molecular flexibility index (Phi) is 16.6. The molecule has 0 saturated carbocycles. The Morgan fingerprint density at radius 1 is 0.914 bits per heavy atom. The maximum absolute atomic E-state index is 14.2. The third kappa shape index (κ3) is 11.8. The number of amides is 1. The average molecular weight is 860 g/mol. The molecule has 1 aliphatic heterocycles. The third-order valence-corrected chi connectivity index (χ3v) is 11.9. The van der Waals surface area contributed by atoms with Gasteiger partial charge in [-0.2, -0.15) is 0 Å². The molecule has 1 fully saturated rings. The van der Waals surface area contributed by atoms with Gasteiger partial charge in [-0.3, -0.25) is 14.4 Å². The highest BCUT2D eigenvalue weighted by Crippen LogP contribution is 2.39. The Balaban J connectivity index is 0.000000492. The van der Waals surface area contributed by atoms with E-state index in [9.17, 15) is 23.7 Å². The monoisotopic (exact) mass is 858 g/mol. The highest BCUT2D eigenvalue weighted by atomic mass is 35.5. The molecule has 312 valence electrons. The van der Waals surface area contributed by atoms with Crippen LogP contribution in [0.25, 0.3) is 10.8 Å². The number of likely N-dealkylation sites (N-methyl/N-ethyl adjacent to an activating group) is 1. The van der Waals surface area contributed by atoms with Crippen molar-refractivity contribution in [1.29, 1.82) is 0 Å². The second-order valence-electron chi connectivity index (χ2n) is 14.1. The first-order chi connectivity index (χ1) is 27.5. The van der Waals surface area contributed by atoms with E-state index < -0.39 is 47.5 Å². The minimum Gasteiger partial charge on any atom is -0.612 e. The van der Waals surface area contributed by atoms with Crippen LogP contribution in [0.15, 0.2) is 77.7 Å². The van der Waals surface area contributed by atoms with Gasteiger partial charge >= 0.3 is 17.9 Å².